The summed E-state index contributed by atoms with van der Waals surface area (Å²) in [6.45, 7) is 2.44. The Morgan fingerprint density at radius 3 is 2.62 bits per heavy atom. The first-order valence-corrected chi connectivity index (χ1v) is 12.3. The normalized spacial score (nSPS) is 11.1. The maximum atomic E-state index is 13.5. The van der Waals surface area contributed by atoms with Crippen LogP contribution in [0.5, 0.6) is 0 Å². The van der Waals surface area contributed by atoms with E-state index in [1.165, 1.54) is 12.3 Å². The maximum Gasteiger partial charge on any atom is 0.248 e. The molecule has 2 aromatic carbocycles. The van der Waals surface area contributed by atoms with Gasteiger partial charge in [0.25, 0.3) is 0 Å². The summed E-state index contributed by atoms with van der Waals surface area (Å²) in [5, 5.41) is 14.8. The van der Waals surface area contributed by atoms with Crippen molar-refractivity contribution in [1.29, 1.82) is 0 Å². The smallest absolute Gasteiger partial charge is 0.248 e. The summed E-state index contributed by atoms with van der Waals surface area (Å²) in [5.74, 6) is 0.828. The van der Waals surface area contributed by atoms with Gasteiger partial charge in [0, 0.05) is 36.4 Å². The molecule has 0 saturated carbocycles. The predicted octanol–water partition coefficient (Wildman–Crippen LogP) is 4.69. The van der Waals surface area contributed by atoms with E-state index in [2.05, 4.69) is 37.5 Å². The highest BCUT2D eigenvalue weighted by Crippen LogP contribution is 2.32. The van der Waals surface area contributed by atoms with Crippen LogP contribution in [0.2, 0.25) is 5.15 Å². The van der Waals surface area contributed by atoms with Crippen molar-refractivity contribution in [2.75, 3.05) is 0 Å². The van der Waals surface area contributed by atoms with Gasteiger partial charge in [-0.25, -0.2) is 4.98 Å². The number of hydrogen-bond donors (Lipinski definition) is 2. The Morgan fingerprint density at radius 1 is 1.05 bits per heavy atom. The number of aryl methyl sites for hydroxylation is 1. The van der Waals surface area contributed by atoms with E-state index in [4.69, 9.17) is 11.6 Å². The molecule has 0 fully saturated rings. The third-order valence-corrected chi connectivity index (χ3v) is 6.37. The second kappa shape index (κ2) is 10.7. The van der Waals surface area contributed by atoms with E-state index in [0.717, 1.165) is 35.1 Å². The summed E-state index contributed by atoms with van der Waals surface area (Å²) in [7, 11) is 0. The molecule has 3 aromatic heterocycles. The second-order valence-corrected chi connectivity index (χ2v) is 8.97. The summed E-state index contributed by atoms with van der Waals surface area (Å²) in [5.41, 5.74) is 3.84. The maximum absolute atomic E-state index is 13.5. The fourth-order valence-corrected chi connectivity index (χ4v) is 4.59. The van der Waals surface area contributed by atoms with E-state index in [1.54, 1.807) is 6.07 Å². The predicted molar refractivity (Wildman–Crippen MR) is 140 cm³/mol. The molecule has 0 amide bonds. The van der Waals surface area contributed by atoms with E-state index < -0.39 is 0 Å². The number of aromatic amines is 2. The first kappa shape index (κ1) is 24.3. The van der Waals surface area contributed by atoms with Gasteiger partial charge >= 0.3 is 0 Å². The van der Waals surface area contributed by atoms with Crippen LogP contribution in [0.25, 0.3) is 22.5 Å². The topological polar surface area (TPSA) is 122 Å². The summed E-state index contributed by atoms with van der Waals surface area (Å²) < 4.78 is 1.85. The van der Waals surface area contributed by atoms with Crippen LogP contribution in [0.1, 0.15) is 47.2 Å². The van der Waals surface area contributed by atoms with Crippen molar-refractivity contribution in [3.8, 4) is 22.5 Å². The van der Waals surface area contributed by atoms with E-state index in [-0.39, 0.29) is 27.8 Å². The zero-order valence-electron chi connectivity index (χ0n) is 20.1. The molecule has 0 unspecified atom stereocenters. The fourth-order valence-electron chi connectivity index (χ4n) is 4.30. The van der Waals surface area contributed by atoms with Gasteiger partial charge in [0.1, 0.15) is 11.5 Å². The van der Waals surface area contributed by atoms with Crippen LogP contribution >= 0.6 is 11.6 Å². The van der Waals surface area contributed by atoms with Gasteiger partial charge in [-0.15, -0.1) is 10.2 Å². The van der Waals surface area contributed by atoms with Crippen LogP contribution in [0.4, 0.5) is 0 Å². The highest BCUT2D eigenvalue weighted by molar-refractivity contribution is 6.33. The lowest BCUT2D eigenvalue weighted by atomic mass is 9.97. The van der Waals surface area contributed by atoms with Crippen LogP contribution < -0.4 is 5.56 Å². The van der Waals surface area contributed by atoms with E-state index in [9.17, 15) is 9.59 Å². The lowest BCUT2D eigenvalue weighted by molar-refractivity contribution is 0.103. The van der Waals surface area contributed by atoms with Crippen molar-refractivity contribution >= 4 is 17.4 Å². The molecule has 37 heavy (non-hydrogen) atoms. The van der Waals surface area contributed by atoms with Crippen molar-refractivity contribution < 1.29 is 4.79 Å². The molecule has 5 rings (SSSR count). The molecule has 10 heteroatoms. The number of aromatic nitrogens is 7. The summed E-state index contributed by atoms with van der Waals surface area (Å²) >= 11 is 6.53. The number of carbonyl (C=O) groups is 1. The Bertz CT molecular complexity index is 1590. The van der Waals surface area contributed by atoms with Crippen molar-refractivity contribution in [3.63, 3.8) is 0 Å². The average molecular weight is 514 g/mol. The number of ketones is 1. The van der Waals surface area contributed by atoms with Gasteiger partial charge in [0.05, 0.1) is 0 Å². The molecular formula is C27H24ClN7O2. The molecule has 0 radical (unpaired) electrons. The standard InChI is InChI=1S/C27H24ClN7O2/c1-2-3-9-22-30-26(28)24(25(37)19-12-13-29-23(36)15-19)35(22)16-17-10-11-20(18-7-5-4-6-8-18)21(14-17)27-31-33-34-32-27/h4-8,10-15H,2-3,9,16H2,1H3,(H,29,36)(H,31,32,33,34). The highest BCUT2D eigenvalue weighted by atomic mass is 35.5. The van der Waals surface area contributed by atoms with Gasteiger partial charge in [-0.2, -0.15) is 5.21 Å². The first-order valence-electron chi connectivity index (χ1n) is 12.0. The molecule has 0 aliphatic carbocycles. The van der Waals surface area contributed by atoms with Crippen LogP contribution in [0, 0.1) is 0 Å². The number of carbonyl (C=O) groups excluding carboxylic acids is 1. The molecule has 0 aliphatic rings. The quantitative estimate of drug-likeness (QED) is 0.276. The van der Waals surface area contributed by atoms with Gasteiger partial charge in [-0.05, 0) is 40.5 Å². The molecule has 2 N–H and O–H groups in total. The molecular weight excluding hydrogens is 490 g/mol. The van der Waals surface area contributed by atoms with Crippen molar-refractivity contribution in [3.05, 3.63) is 105 Å². The number of tetrazole rings is 1. The van der Waals surface area contributed by atoms with Crippen LogP contribution in [-0.2, 0) is 13.0 Å². The monoisotopic (exact) mass is 513 g/mol. The lowest BCUT2D eigenvalue weighted by Crippen LogP contribution is -2.16. The largest absolute Gasteiger partial charge is 0.329 e. The SMILES string of the molecule is CCCCc1nc(Cl)c(C(=O)c2cc[nH]c(=O)c2)n1Cc1ccc(-c2ccccc2)c(-c2nn[nH]n2)c1. The first-order chi connectivity index (χ1) is 18.0. The molecule has 9 nitrogen and oxygen atoms in total. The summed E-state index contributed by atoms with van der Waals surface area (Å²) in [6, 6.07) is 18.8. The number of imidazole rings is 1. The number of rotatable bonds is 9. The van der Waals surface area contributed by atoms with Crippen molar-refractivity contribution in [2.24, 2.45) is 0 Å². The van der Waals surface area contributed by atoms with E-state index in [0.29, 0.717) is 24.6 Å². The minimum absolute atomic E-state index is 0.121. The van der Waals surface area contributed by atoms with Crippen LogP contribution in [-0.4, -0.2) is 40.9 Å². The number of H-pyrrole nitrogens is 2. The number of nitrogens with one attached hydrogen (secondary N) is 2. The van der Waals surface area contributed by atoms with Gasteiger partial charge in [0.2, 0.25) is 17.2 Å². The minimum Gasteiger partial charge on any atom is -0.329 e. The van der Waals surface area contributed by atoms with E-state index in [1.807, 2.05) is 53.1 Å². The van der Waals surface area contributed by atoms with Crippen LogP contribution in [0.3, 0.4) is 0 Å². The van der Waals surface area contributed by atoms with Crippen molar-refractivity contribution in [2.45, 2.75) is 32.7 Å². The lowest BCUT2D eigenvalue weighted by Gasteiger charge is -2.14. The number of unbranched alkanes of at least 4 members (excludes halogenated alkanes) is 1. The van der Waals surface area contributed by atoms with Gasteiger partial charge in [0.15, 0.2) is 5.15 Å². The van der Waals surface area contributed by atoms with Gasteiger partial charge in [-0.3, -0.25) is 9.59 Å². The average Bonchev–Trinajstić information content (AvgIpc) is 3.56. The highest BCUT2D eigenvalue weighted by Gasteiger charge is 2.24. The molecule has 0 spiro atoms. The molecule has 0 saturated heterocycles. The van der Waals surface area contributed by atoms with Gasteiger partial charge < -0.3 is 9.55 Å². The Hall–Kier alpha value is -4.37. The molecule has 186 valence electrons. The van der Waals surface area contributed by atoms with Crippen molar-refractivity contribution in [1.82, 2.24) is 35.2 Å². The Labute approximate surface area is 217 Å². The summed E-state index contributed by atoms with van der Waals surface area (Å²) in [6.07, 6.45) is 3.98. The molecule has 5 aromatic rings. The number of hydrogen-bond acceptors (Lipinski definition) is 6. The number of benzene rings is 2. The minimum atomic E-state index is -0.361. The number of halogens is 1. The molecule has 3 heterocycles. The Balaban J connectivity index is 1.60. The van der Waals surface area contributed by atoms with E-state index >= 15 is 0 Å². The number of pyridine rings is 1. The number of nitrogens with zero attached hydrogens (tertiary/aromatic N) is 5. The Morgan fingerprint density at radius 2 is 1.89 bits per heavy atom. The Kier molecular flexibility index (Phi) is 7.04. The van der Waals surface area contributed by atoms with Gasteiger partial charge in [-0.1, -0.05) is 67.4 Å². The zero-order valence-corrected chi connectivity index (χ0v) is 20.9. The fraction of sp³-hybridized carbons (Fsp3) is 0.185. The summed E-state index contributed by atoms with van der Waals surface area (Å²) in [4.78, 5) is 32.4. The second-order valence-electron chi connectivity index (χ2n) is 8.61. The van der Waals surface area contributed by atoms with Crippen LogP contribution in [0.15, 0.2) is 71.7 Å². The molecule has 0 aliphatic heterocycles. The zero-order chi connectivity index (χ0) is 25.8. The third-order valence-electron chi connectivity index (χ3n) is 6.11. The molecule has 0 atom stereocenters. The molecule has 0 bridgehead atoms. The third kappa shape index (κ3) is 5.12.